The molecule has 0 unspecified atom stereocenters. The van der Waals surface area contributed by atoms with Crippen molar-refractivity contribution in [3.05, 3.63) is 35.4 Å². The molecule has 3 fully saturated rings. The molecule has 1 amide bonds. The van der Waals surface area contributed by atoms with E-state index in [-0.39, 0.29) is 11.1 Å². The molecule has 27 heavy (non-hydrogen) atoms. The van der Waals surface area contributed by atoms with Crippen molar-refractivity contribution in [2.24, 2.45) is 7.05 Å². The number of aryl methyl sites for hydroxylation is 1. The number of piperazine rings is 1. The summed E-state index contributed by atoms with van der Waals surface area (Å²) in [6.45, 7) is 1.84. The molecule has 3 saturated heterocycles. The van der Waals surface area contributed by atoms with Gasteiger partial charge in [0.05, 0.1) is 17.4 Å². The summed E-state index contributed by atoms with van der Waals surface area (Å²) >= 11 is 6.04. The monoisotopic (exact) mass is 386 g/mol. The molecule has 6 rings (SSSR count). The number of fused-ring (bicyclic) bond motifs is 4. The number of hydrogen-bond donors (Lipinski definition) is 2. The quantitative estimate of drug-likeness (QED) is 0.705. The molecule has 0 spiro atoms. The minimum atomic E-state index is -0.295. The number of anilines is 2. The van der Waals surface area contributed by atoms with Crippen molar-refractivity contribution in [1.82, 2.24) is 29.7 Å². The van der Waals surface area contributed by atoms with Gasteiger partial charge in [-0.3, -0.25) is 9.48 Å². The fourth-order valence-corrected chi connectivity index (χ4v) is 4.10. The second-order valence-electron chi connectivity index (χ2n) is 7.06. The topological polar surface area (TPSA) is 92.4 Å². The molecule has 140 valence electrons. The van der Waals surface area contributed by atoms with E-state index < -0.39 is 0 Å². The molecule has 0 radical (unpaired) electrons. The highest BCUT2D eigenvalue weighted by Crippen LogP contribution is 2.26. The number of halogens is 1. The van der Waals surface area contributed by atoms with E-state index in [2.05, 4.69) is 30.7 Å². The van der Waals surface area contributed by atoms with Gasteiger partial charge in [-0.15, -0.1) is 5.10 Å². The molecule has 9 nitrogen and oxygen atoms in total. The zero-order chi connectivity index (χ0) is 18.5. The van der Waals surface area contributed by atoms with E-state index in [9.17, 15) is 4.79 Å². The number of nitrogens with one attached hydrogen (secondary N) is 2. The fraction of sp³-hybridized carbons (Fsp3) is 0.412. The van der Waals surface area contributed by atoms with Crippen LogP contribution in [0, 0.1) is 0 Å². The Bertz CT molecular complexity index is 1020. The average molecular weight is 387 g/mol. The summed E-state index contributed by atoms with van der Waals surface area (Å²) in [5.41, 5.74) is 1.66. The predicted molar refractivity (Wildman–Crippen MR) is 101 cm³/mol. The summed E-state index contributed by atoms with van der Waals surface area (Å²) in [5, 5.41) is 15.3. The van der Waals surface area contributed by atoms with Crippen LogP contribution in [0.4, 0.5) is 11.6 Å². The Balaban J connectivity index is 1.46. The highest BCUT2D eigenvalue weighted by molar-refractivity contribution is 6.32. The van der Waals surface area contributed by atoms with Crippen LogP contribution >= 0.6 is 11.6 Å². The van der Waals surface area contributed by atoms with Crippen LogP contribution in [0.5, 0.6) is 0 Å². The lowest BCUT2D eigenvalue weighted by atomic mass is 9.93. The van der Waals surface area contributed by atoms with Crippen LogP contribution in [0.15, 0.2) is 24.5 Å². The van der Waals surface area contributed by atoms with Crippen LogP contribution in [0.3, 0.4) is 0 Å². The summed E-state index contributed by atoms with van der Waals surface area (Å²) in [6, 6.07) is 4.44. The molecule has 3 aliphatic rings. The molecule has 3 aliphatic heterocycles. The summed E-state index contributed by atoms with van der Waals surface area (Å²) < 4.78 is 3.19. The highest BCUT2D eigenvalue weighted by Gasteiger charge is 2.35. The van der Waals surface area contributed by atoms with E-state index in [1.165, 1.54) is 6.42 Å². The zero-order valence-electron chi connectivity index (χ0n) is 14.8. The lowest BCUT2D eigenvalue weighted by Crippen LogP contribution is -2.61. The summed E-state index contributed by atoms with van der Waals surface area (Å²) in [5.74, 6) is 0.361. The molecule has 10 heteroatoms. The van der Waals surface area contributed by atoms with Gasteiger partial charge in [-0.05, 0) is 25.0 Å². The van der Waals surface area contributed by atoms with Gasteiger partial charge in [0.1, 0.15) is 5.69 Å². The van der Waals surface area contributed by atoms with Crippen LogP contribution in [-0.4, -0.2) is 55.5 Å². The third-order valence-corrected chi connectivity index (χ3v) is 5.54. The predicted octanol–water partition coefficient (Wildman–Crippen LogP) is 1.31. The minimum absolute atomic E-state index is 0.249. The fourth-order valence-electron chi connectivity index (χ4n) is 3.88. The van der Waals surface area contributed by atoms with Crippen molar-refractivity contribution in [2.75, 3.05) is 23.3 Å². The lowest BCUT2D eigenvalue weighted by Gasteiger charge is -2.45. The van der Waals surface area contributed by atoms with Gasteiger partial charge in [0.2, 0.25) is 5.95 Å². The number of aromatic nitrogens is 5. The molecule has 6 heterocycles. The molecule has 0 aromatic carbocycles. The van der Waals surface area contributed by atoms with Crippen LogP contribution in [-0.2, 0) is 7.05 Å². The number of amides is 1. The smallest absolute Gasteiger partial charge is 0.274 e. The largest absolute Gasteiger partial charge is 0.334 e. The number of rotatable bonds is 3. The van der Waals surface area contributed by atoms with Gasteiger partial charge in [0.25, 0.3) is 5.91 Å². The maximum atomic E-state index is 12.8. The first-order chi connectivity index (χ1) is 13.1. The second-order valence-corrected chi connectivity index (χ2v) is 7.42. The molecular formula is C17H19ClN8O. The van der Waals surface area contributed by atoms with Gasteiger partial charge < -0.3 is 15.5 Å². The van der Waals surface area contributed by atoms with E-state index in [1.807, 2.05) is 6.07 Å². The maximum absolute atomic E-state index is 12.8. The van der Waals surface area contributed by atoms with Gasteiger partial charge in [0, 0.05) is 38.4 Å². The summed E-state index contributed by atoms with van der Waals surface area (Å²) in [4.78, 5) is 19.5. The highest BCUT2D eigenvalue weighted by atomic mass is 35.5. The zero-order valence-corrected chi connectivity index (χ0v) is 15.5. The SMILES string of the molecule is Cn1cc(NC(=O)c2ccc3cnc(N4C[C@@H]5CC[C@H]4CN5)nn23)c(Cl)n1. The Morgan fingerprint density at radius 2 is 2.22 bits per heavy atom. The van der Waals surface area contributed by atoms with Crippen molar-refractivity contribution in [3.8, 4) is 0 Å². The van der Waals surface area contributed by atoms with Gasteiger partial charge in [-0.25, -0.2) is 9.50 Å². The number of piperidine rings is 2. The number of carbonyl (C=O) groups is 1. The van der Waals surface area contributed by atoms with Crippen molar-refractivity contribution >= 4 is 34.7 Å². The number of carbonyl (C=O) groups excluding carboxylic acids is 1. The Morgan fingerprint density at radius 1 is 1.33 bits per heavy atom. The number of nitrogens with zero attached hydrogens (tertiary/aromatic N) is 6. The molecule has 0 saturated carbocycles. The molecule has 3 aromatic heterocycles. The van der Waals surface area contributed by atoms with E-state index in [1.54, 1.807) is 34.7 Å². The Labute approximate surface area is 160 Å². The average Bonchev–Trinajstić information content (AvgIpc) is 3.24. The van der Waals surface area contributed by atoms with Crippen molar-refractivity contribution in [1.29, 1.82) is 0 Å². The Morgan fingerprint density at radius 3 is 2.89 bits per heavy atom. The third-order valence-electron chi connectivity index (χ3n) is 5.26. The third kappa shape index (κ3) is 2.83. The second kappa shape index (κ2) is 6.21. The number of hydrogen-bond acceptors (Lipinski definition) is 6. The van der Waals surface area contributed by atoms with E-state index in [0.717, 1.165) is 25.0 Å². The van der Waals surface area contributed by atoms with Crippen molar-refractivity contribution in [2.45, 2.75) is 24.9 Å². The van der Waals surface area contributed by atoms with Crippen molar-refractivity contribution < 1.29 is 4.79 Å². The molecule has 2 bridgehead atoms. The van der Waals surface area contributed by atoms with Crippen LogP contribution in [0.25, 0.3) is 5.52 Å². The molecule has 0 aliphatic carbocycles. The summed E-state index contributed by atoms with van der Waals surface area (Å²) in [7, 11) is 1.74. The molecule has 2 atom stereocenters. The summed E-state index contributed by atoms with van der Waals surface area (Å²) in [6.07, 6.45) is 5.74. The van der Waals surface area contributed by atoms with Gasteiger partial charge in [-0.1, -0.05) is 11.6 Å². The van der Waals surface area contributed by atoms with Gasteiger partial charge in [-0.2, -0.15) is 5.10 Å². The standard InChI is InChI=1S/C17H19ClN8O/c1-24-9-13(15(18)22-24)21-16(27)14-5-4-12-7-20-17(23-26(12)14)25-8-10-2-3-11(25)6-19-10/h4-5,7,9-11,19H,2-3,6,8H2,1H3,(H,21,27)/t10-,11-/m0/s1. The van der Waals surface area contributed by atoms with Gasteiger partial charge >= 0.3 is 0 Å². The van der Waals surface area contributed by atoms with Crippen LogP contribution in [0.2, 0.25) is 5.15 Å². The van der Waals surface area contributed by atoms with E-state index >= 15 is 0 Å². The maximum Gasteiger partial charge on any atom is 0.274 e. The Hall–Kier alpha value is -2.65. The van der Waals surface area contributed by atoms with E-state index in [4.69, 9.17) is 11.6 Å². The van der Waals surface area contributed by atoms with Crippen LogP contribution in [0.1, 0.15) is 23.3 Å². The Kier molecular flexibility index (Phi) is 3.80. The first-order valence-corrected chi connectivity index (χ1v) is 9.31. The van der Waals surface area contributed by atoms with E-state index in [0.29, 0.717) is 29.4 Å². The minimum Gasteiger partial charge on any atom is -0.334 e. The molecular weight excluding hydrogens is 368 g/mol. The normalized spacial score (nSPS) is 21.8. The van der Waals surface area contributed by atoms with Gasteiger partial charge in [0.15, 0.2) is 5.15 Å². The molecule has 2 N–H and O–H groups in total. The first kappa shape index (κ1) is 16.5. The van der Waals surface area contributed by atoms with Crippen LogP contribution < -0.4 is 15.5 Å². The first-order valence-electron chi connectivity index (χ1n) is 8.94. The lowest BCUT2D eigenvalue weighted by molar-refractivity contribution is 0.102. The molecule has 3 aromatic rings. The van der Waals surface area contributed by atoms with Crippen molar-refractivity contribution in [3.63, 3.8) is 0 Å².